The lowest BCUT2D eigenvalue weighted by molar-refractivity contribution is -0.113. The van der Waals surface area contributed by atoms with E-state index >= 15 is 0 Å². The number of carbonyl (C=O) groups excluding carboxylic acids is 1. The zero-order valence-corrected chi connectivity index (χ0v) is 8.99. The molecule has 0 saturated heterocycles. The van der Waals surface area contributed by atoms with Crippen LogP contribution in [0.5, 0.6) is 0 Å². The first kappa shape index (κ1) is 11.8. The van der Waals surface area contributed by atoms with Crippen LogP contribution in [0, 0.1) is 5.41 Å². The Morgan fingerprint density at radius 2 is 1.54 bits per heavy atom. The maximum absolute atomic E-state index is 11.2. The fourth-order valence-electron chi connectivity index (χ4n) is 0.923. The maximum atomic E-state index is 11.2. The Bertz CT molecular complexity index is 291. The molecule has 0 bridgehead atoms. The molecule has 13 heavy (non-hydrogen) atoms. The van der Waals surface area contributed by atoms with Crippen LogP contribution in [-0.2, 0) is 4.79 Å². The van der Waals surface area contributed by atoms with Crippen LogP contribution in [0.3, 0.4) is 0 Å². The van der Waals surface area contributed by atoms with Crippen molar-refractivity contribution in [1.29, 1.82) is 5.41 Å². The highest BCUT2D eigenvalue weighted by Gasteiger charge is 2.03. The average Bonchev–Trinajstić information content (AvgIpc) is 1.97. The second kappa shape index (κ2) is 4.75. The molecule has 0 heterocycles. The van der Waals surface area contributed by atoms with Crippen LogP contribution < -0.4 is 0 Å². The van der Waals surface area contributed by atoms with Crippen LogP contribution in [0.2, 0.25) is 0 Å². The zero-order valence-electron chi connectivity index (χ0n) is 8.99. The predicted molar refractivity (Wildman–Crippen MR) is 56.2 cm³/mol. The maximum Gasteiger partial charge on any atom is 0.159 e. The third-order valence-corrected chi connectivity index (χ3v) is 1.87. The van der Waals surface area contributed by atoms with Gasteiger partial charge in [0.1, 0.15) is 0 Å². The number of Topliss-reactive ketones (excluding diaryl/α,β-unsaturated/α-hetero) is 1. The van der Waals surface area contributed by atoms with E-state index in [9.17, 15) is 4.79 Å². The molecule has 0 unspecified atom stereocenters. The van der Waals surface area contributed by atoms with Crippen molar-refractivity contribution >= 4 is 11.5 Å². The number of hydrogen-bond acceptors (Lipinski definition) is 2. The number of nitrogens with one attached hydrogen (secondary N) is 1. The first-order chi connectivity index (χ1) is 5.86. The van der Waals surface area contributed by atoms with Crippen LogP contribution in [0.4, 0.5) is 0 Å². The van der Waals surface area contributed by atoms with Gasteiger partial charge in [-0.2, -0.15) is 0 Å². The van der Waals surface area contributed by atoms with E-state index < -0.39 is 0 Å². The van der Waals surface area contributed by atoms with E-state index in [4.69, 9.17) is 5.41 Å². The molecule has 0 radical (unpaired) electrons. The van der Waals surface area contributed by atoms with Crippen molar-refractivity contribution in [3.05, 3.63) is 22.8 Å². The molecule has 0 aliphatic carbocycles. The standard InChI is InChI=1S/C11H17NO/c1-7(2)11(10(5)13)6-8(3)9(4)12/h6,12H,1-5H3/b8-6-,12-9?. The number of ketones is 1. The van der Waals surface area contributed by atoms with Gasteiger partial charge in [0, 0.05) is 11.3 Å². The van der Waals surface area contributed by atoms with Gasteiger partial charge < -0.3 is 5.41 Å². The van der Waals surface area contributed by atoms with Gasteiger partial charge in [-0.05, 0) is 46.3 Å². The minimum Gasteiger partial charge on any atom is -0.305 e. The van der Waals surface area contributed by atoms with Gasteiger partial charge in [-0.25, -0.2) is 0 Å². The van der Waals surface area contributed by atoms with Crippen LogP contribution in [-0.4, -0.2) is 11.5 Å². The number of allylic oxidation sites excluding steroid dienone is 4. The third kappa shape index (κ3) is 3.83. The van der Waals surface area contributed by atoms with Crippen molar-refractivity contribution in [2.45, 2.75) is 34.6 Å². The molecule has 72 valence electrons. The second-order valence-electron chi connectivity index (χ2n) is 3.42. The first-order valence-electron chi connectivity index (χ1n) is 4.28. The molecule has 0 aromatic heterocycles. The summed E-state index contributed by atoms with van der Waals surface area (Å²) in [5.74, 6) is 0.0561. The van der Waals surface area contributed by atoms with Crippen molar-refractivity contribution < 1.29 is 4.79 Å². The Kier molecular flexibility index (Phi) is 4.32. The lowest BCUT2D eigenvalue weighted by Gasteiger charge is -2.02. The number of hydrogen-bond donors (Lipinski definition) is 1. The fourth-order valence-corrected chi connectivity index (χ4v) is 0.923. The smallest absolute Gasteiger partial charge is 0.159 e. The Balaban J connectivity index is 5.06. The van der Waals surface area contributed by atoms with Gasteiger partial charge in [-0.3, -0.25) is 4.79 Å². The molecule has 2 heteroatoms. The zero-order chi connectivity index (χ0) is 10.6. The fraction of sp³-hybridized carbons (Fsp3) is 0.455. The highest BCUT2D eigenvalue weighted by atomic mass is 16.1. The highest BCUT2D eigenvalue weighted by molar-refractivity contribution is 6.01. The quantitative estimate of drug-likeness (QED) is 0.404. The molecule has 0 fully saturated rings. The molecule has 0 saturated carbocycles. The molecule has 0 aromatic rings. The summed E-state index contributed by atoms with van der Waals surface area (Å²) in [7, 11) is 0. The molecule has 0 atom stereocenters. The summed E-state index contributed by atoms with van der Waals surface area (Å²) in [6.45, 7) is 8.91. The Labute approximate surface area is 79.9 Å². The topological polar surface area (TPSA) is 40.9 Å². The van der Waals surface area contributed by atoms with Crippen molar-refractivity contribution in [3.63, 3.8) is 0 Å². The summed E-state index contributed by atoms with van der Waals surface area (Å²) in [6, 6.07) is 0. The van der Waals surface area contributed by atoms with Crippen LogP contribution in [0.25, 0.3) is 0 Å². The molecule has 0 rings (SSSR count). The molecule has 0 aromatic carbocycles. The summed E-state index contributed by atoms with van der Waals surface area (Å²) < 4.78 is 0. The monoisotopic (exact) mass is 179 g/mol. The van der Waals surface area contributed by atoms with Crippen molar-refractivity contribution in [2.24, 2.45) is 0 Å². The number of rotatable bonds is 3. The SMILES string of the molecule is CC(=N)/C(C)=C\C(C(C)=O)=C(C)C. The molecular weight excluding hydrogens is 162 g/mol. The van der Waals surface area contributed by atoms with Gasteiger partial charge >= 0.3 is 0 Å². The minimum absolute atomic E-state index is 0.0561. The summed E-state index contributed by atoms with van der Waals surface area (Å²) in [6.07, 6.45) is 1.78. The third-order valence-electron chi connectivity index (χ3n) is 1.87. The van der Waals surface area contributed by atoms with Crippen LogP contribution in [0.15, 0.2) is 22.8 Å². The second-order valence-corrected chi connectivity index (χ2v) is 3.42. The normalized spacial score (nSPS) is 11.0. The molecule has 0 aliphatic rings. The first-order valence-corrected chi connectivity index (χ1v) is 4.28. The molecule has 0 spiro atoms. The van der Waals surface area contributed by atoms with E-state index in [0.29, 0.717) is 11.3 Å². The minimum atomic E-state index is 0.0561. The summed E-state index contributed by atoms with van der Waals surface area (Å²) >= 11 is 0. The molecule has 2 nitrogen and oxygen atoms in total. The van der Waals surface area contributed by atoms with E-state index in [1.807, 2.05) is 20.8 Å². The molecular formula is C11H17NO. The summed E-state index contributed by atoms with van der Waals surface area (Å²) in [4.78, 5) is 11.2. The Hall–Kier alpha value is -1.18. The molecule has 1 N–H and O–H groups in total. The van der Waals surface area contributed by atoms with E-state index in [0.717, 1.165) is 11.1 Å². The van der Waals surface area contributed by atoms with E-state index in [-0.39, 0.29) is 5.78 Å². The molecule has 0 aliphatic heterocycles. The van der Waals surface area contributed by atoms with Crippen molar-refractivity contribution in [2.75, 3.05) is 0 Å². The largest absolute Gasteiger partial charge is 0.305 e. The molecule has 0 amide bonds. The highest BCUT2D eigenvalue weighted by Crippen LogP contribution is 2.10. The lowest BCUT2D eigenvalue weighted by Crippen LogP contribution is -1.99. The lowest BCUT2D eigenvalue weighted by atomic mass is 10.0. The average molecular weight is 179 g/mol. The predicted octanol–water partition coefficient (Wildman–Crippen LogP) is 2.90. The van der Waals surface area contributed by atoms with Gasteiger partial charge in [0.2, 0.25) is 0 Å². The Morgan fingerprint density at radius 3 is 1.77 bits per heavy atom. The van der Waals surface area contributed by atoms with E-state index in [1.165, 1.54) is 0 Å². The van der Waals surface area contributed by atoms with E-state index in [1.54, 1.807) is 19.9 Å². The summed E-state index contributed by atoms with van der Waals surface area (Å²) in [5.41, 5.74) is 3.05. The van der Waals surface area contributed by atoms with Gasteiger partial charge in [0.15, 0.2) is 5.78 Å². The van der Waals surface area contributed by atoms with Gasteiger partial charge in [-0.15, -0.1) is 0 Å². The van der Waals surface area contributed by atoms with E-state index in [2.05, 4.69) is 0 Å². The van der Waals surface area contributed by atoms with Crippen LogP contribution >= 0.6 is 0 Å². The van der Waals surface area contributed by atoms with Crippen LogP contribution in [0.1, 0.15) is 34.6 Å². The summed E-state index contributed by atoms with van der Waals surface area (Å²) in [5, 5.41) is 7.37. The van der Waals surface area contributed by atoms with Gasteiger partial charge in [0.05, 0.1) is 0 Å². The van der Waals surface area contributed by atoms with Crippen molar-refractivity contribution in [1.82, 2.24) is 0 Å². The van der Waals surface area contributed by atoms with Gasteiger partial charge in [0.25, 0.3) is 0 Å². The Morgan fingerprint density at radius 1 is 1.08 bits per heavy atom. The van der Waals surface area contributed by atoms with Gasteiger partial charge in [-0.1, -0.05) is 5.57 Å². The van der Waals surface area contributed by atoms with Crippen molar-refractivity contribution in [3.8, 4) is 0 Å². The number of carbonyl (C=O) groups is 1.